The average Bonchev–Trinajstić information content (AvgIpc) is 2.82. The number of rotatable bonds is 3. The van der Waals surface area contributed by atoms with Crippen LogP contribution in [0.1, 0.15) is 5.56 Å². The Bertz CT molecular complexity index is 711. The van der Waals surface area contributed by atoms with Crippen LogP contribution in [0, 0.1) is 4.77 Å². The summed E-state index contributed by atoms with van der Waals surface area (Å²) in [5.74, 6) is 0. The third kappa shape index (κ3) is 2.51. The van der Waals surface area contributed by atoms with Crippen LogP contribution in [0.4, 0.5) is 0 Å². The zero-order valence-electron chi connectivity index (χ0n) is 10.4. The standard InChI is InChI=1S/C16H14N2S/c19-16-17-11-15(14-9-5-2-6-10-14)18(16)12-13-7-3-1-4-8-13/h1-11H,12H2,(H,17,19). The van der Waals surface area contributed by atoms with Crippen molar-refractivity contribution in [3.05, 3.63) is 77.2 Å². The molecule has 0 aliphatic carbocycles. The van der Waals surface area contributed by atoms with Crippen molar-refractivity contribution < 1.29 is 0 Å². The smallest absolute Gasteiger partial charge is 0.177 e. The second-order valence-electron chi connectivity index (χ2n) is 4.42. The first-order valence-electron chi connectivity index (χ1n) is 6.22. The third-order valence-electron chi connectivity index (χ3n) is 3.12. The predicted octanol–water partition coefficient (Wildman–Crippen LogP) is 4.26. The van der Waals surface area contributed by atoms with Crippen LogP contribution >= 0.6 is 12.2 Å². The second kappa shape index (κ2) is 5.24. The van der Waals surface area contributed by atoms with Crippen molar-refractivity contribution in [3.63, 3.8) is 0 Å². The molecule has 0 unspecified atom stereocenters. The van der Waals surface area contributed by atoms with Crippen LogP contribution in [0.5, 0.6) is 0 Å². The predicted molar refractivity (Wildman–Crippen MR) is 80.6 cm³/mol. The minimum absolute atomic E-state index is 0.753. The zero-order chi connectivity index (χ0) is 13.1. The number of H-pyrrole nitrogens is 1. The highest BCUT2D eigenvalue weighted by Crippen LogP contribution is 2.20. The maximum Gasteiger partial charge on any atom is 0.177 e. The molecule has 94 valence electrons. The van der Waals surface area contributed by atoms with E-state index in [0.29, 0.717) is 0 Å². The highest BCUT2D eigenvalue weighted by molar-refractivity contribution is 7.71. The molecular weight excluding hydrogens is 252 g/mol. The minimum Gasteiger partial charge on any atom is -0.337 e. The van der Waals surface area contributed by atoms with Gasteiger partial charge in [-0.15, -0.1) is 0 Å². The van der Waals surface area contributed by atoms with Crippen LogP contribution < -0.4 is 0 Å². The normalized spacial score (nSPS) is 10.5. The maximum atomic E-state index is 5.38. The molecule has 0 aliphatic rings. The molecule has 2 aromatic carbocycles. The molecule has 2 nitrogen and oxygen atoms in total. The Morgan fingerprint density at radius 2 is 1.53 bits per heavy atom. The van der Waals surface area contributed by atoms with E-state index >= 15 is 0 Å². The quantitative estimate of drug-likeness (QED) is 0.702. The van der Waals surface area contributed by atoms with Crippen molar-refractivity contribution in [2.75, 3.05) is 0 Å². The van der Waals surface area contributed by atoms with Crippen molar-refractivity contribution >= 4 is 12.2 Å². The second-order valence-corrected chi connectivity index (χ2v) is 4.80. The van der Waals surface area contributed by atoms with E-state index in [4.69, 9.17) is 12.2 Å². The SMILES string of the molecule is S=c1[nH]cc(-c2ccccc2)n1Cc1ccccc1. The minimum atomic E-state index is 0.753. The highest BCUT2D eigenvalue weighted by Gasteiger charge is 2.06. The third-order valence-corrected chi connectivity index (χ3v) is 3.46. The zero-order valence-corrected chi connectivity index (χ0v) is 11.2. The van der Waals surface area contributed by atoms with Gasteiger partial charge < -0.3 is 9.55 Å². The van der Waals surface area contributed by atoms with E-state index in [2.05, 4.69) is 33.8 Å². The fraction of sp³-hybridized carbons (Fsp3) is 0.0625. The number of hydrogen-bond acceptors (Lipinski definition) is 1. The van der Waals surface area contributed by atoms with Gasteiger partial charge in [0.1, 0.15) is 0 Å². The molecule has 0 fully saturated rings. The molecule has 3 aromatic rings. The Labute approximate surface area is 117 Å². The molecule has 0 spiro atoms. The van der Waals surface area contributed by atoms with Gasteiger partial charge in [-0.25, -0.2) is 0 Å². The van der Waals surface area contributed by atoms with Crippen molar-refractivity contribution in [1.82, 2.24) is 9.55 Å². The van der Waals surface area contributed by atoms with Gasteiger partial charge in [-0.05, 0) is 23.3 Å². The topological polar surface area (TPSA) is 20.7 Å². The first-order valence-corrected chi connectivity index (χ1v) is 6.63. The molecule has 19 heavy (non-hydrogen) atoms. The first kappa shape index (κ1) is 11.9. The molecule has 1 N–H and O–H groups in total. The monoisotopic (exact) mass is 266 g/mol. The van der Waals surface area contributed by atoms with Gasteiger partial charge in [0.25, 0.3) is 0 Å². The number of benzene rings is 2. The van der Waals surface area contributed by atoms with Gasteiger partial charge in [0, 0.05) is 6.20 Å². The summed E-state index contributed by atoms with van der Waals surface area (Å²) in [5.41, 5.74) is 3.54. The van der Waals surface area contributed by atoms with Crippen molar-refractivity contribution in [3.8, 4) is 11.3 Å². The molecule has 3 heteroatoms. The van der Waals surface area contributed by atoms with Gasteiger partial charge in [0.05, 0.1) is 12.2 Å². The molecule has 0 amide bonds. The fourth-order valence-electron chi connectivity index (χ4n) is 2.17. The van der Waals surface area contributed by atoms with Crippen LogP contribution in [0.2, 0.25) is 0 Å². The highest BCUT2D eigenvalue weighted by atomic mass is 32.1. The van der Waals surface area contributed by atoms with Crippen LogP contribution in [-0.4, -0.2) is 9.55 Å². The number of aromatic nitrogens is 2. The van der Waals surface area contributed by atoms with Crippen LogP contribution in [0.15, 0.2) is 66.9 Å². The lowest BCUT2D eigenvalue weighted by atomic mass is 10.1. The summed E-state index contributed by atoms with van der Waals surface area (Å²) >= 11 is 5.38. The van der Waals surface area contributed by atoms with Gasteiger partial charge in [-0.3, -0.25) is 0 Å². The number of imidazole rings is 1. The van der Waals surface area contributed by atoms with E-state index in [1.165, 1.54) is 11.1 Å². The molecule has 1 heterocycles. The van der Waals surface area contributed by atoms with Gasteiger partial charge in [0.15, 0.2) is 4.77 Å². The van der Waals surface area contributed by atoms with Crippen LogP contribution in [0.3, 0.4) is 0 Å². The van der Waals surface area contributed by atoms with E-state index in [1.54, 1.807) is 0 Å². The summed E-state index contributed by atoms with van der Waals surface area (Å²) in [4.78, 5) is 3.13. The molecule has 0 atom stereocenters. The lowest BCUT2D eigenvalue weighted by molar-refractivity contribution is 0.791. The summed E-state index contributed by atoms with van der Waals surface area (Å²) in [5, 5.41) is 0. The Morgan fingerprint density at radius 3 is 2.21 bits per heavy atom. The van der Waals surface area contributed by atoms with Gasteiger partial charge >= 0.3 is 0 Å². The molecule has 0 saturated carbocycles. The Hall–Kier alpha value is -2.13. The van der Waals surface area contributed by atoms with Crippen LogP contribution in [0.25, 0.3) is 11.3 Å². The van der Waals surface area contributed by atoms with E-state index in [9.17, 15) is 0 Å². The lowest BCUT2D eigenvalue weighted by Gasteiger charge is -2.08. The summed E-state index contributed by atoms with van der Waals surface area (Å²) in [6, 6.07) is 20.6. The van der Waals surface area contributed by atoms with Crippen LogP contribution in [-0.2, 0) is 6.54 Å². The largest absolute Gasteiger partial charge is 0.337 e. The molecule has 0 radical (unpaired) electrons. The summed E-state index contributed by atoms with van der Waals surface area (Å²) < 4.78 is 2.88. The number of hydrogen-bond donors (Lipinski definition) is 1. The number of nitrogens with one attached hydrogen (secondary N) is 1. The molecule has 1 aromatic heterocycles. The van der Waals surface area contributed by atoms with Gasteiger partial charge in [-0.2, -0.15) is 0 Å². The van der Waals surface area contributed by atoms with E-state index in [1.807, 2.05) is 42.6 Å². The number of nitrogens with zero attached hydrogens (tertiary/aromatic N) is 1. The molecule has 0 bridgehead atoms. The first-order chi connectivity index (χ1) is 9.34. The molecule has 0 aliphatic heterocycles. The van der Waals surface area contributed by atoms with E-state index in [0.717, 1.165) is 17.0 Å². The fourth-order valence-corrected chi connectivity index (χ4v) is 2.39. The van der Waals surface area contributed by atoms with Crippen molar-refractivity contribution in [1.29, 1.82) is 0 Å². The van der Waals surface area contributed by atoms with Crippen molar-refractivity contribution in [2.24, 2.45) is 0 Å². The summed E-state index contributed by atoms with van der Waals surface area (Å²) in [7, 11) is 0. The Kier molecular flexibility index (Phi) is 3.29. The lowest BCUT2D eigenvalue weighted by Crippen LogP contribution is -2.01. The Morgan fingerprint density at radius 1 is 0.895 bits per heavy atom. The number of aromatic amines is 1. The van der Waals surface area contributed by atoms with E-state index in [-0.39, 0.29) is 0 Å². The average molecular weight is 266 g/mol. The van der Waals surface area contributed by atoms with Gasteiger partial charge in [-0.1, -0.05) is 60.7 Å². The molecule has 3 rings (SSSR count). The van der Waals surface area contributed by atoms with E-state index < -0.39 is 0 Å². The van der Waals surface area contributed by atoms with Crippen molar-refractivity contribution in [2.45, 2.75) is 6.54 Å². The summed E-state index contributed by atoms with van der Waals surface area (Å²) in [6.07, 6.45) is 1.97. The molecule has 0 saturated heterocycles. The maximum absolute atomic E-state index is 5.38. The molecular formula is C16H14N2S. The summed E-state index contributed by atoms with van der Waals surface area (Å²) in [6.45, 7) is 0.785. The van der Waals surface area contributed by atoms with Gasteiger partial charge in [0.2, 0.25) is 0 Å². The Balaban J connectivity index is 2.03.